The number of benzene rings is 2. The normalized spacial score (nSPS) is 16.5. The Hall–Kier alpha value is -4.14. The fourth-order valence-electron chi connectivity index (χ4n) is 4.78. The maximum Gasteiger partial charge on any atom is 0.249 e. The third-order valence-electron chi connectivity index (χ3n) is 6.88. The molecule has 0 atom stereocenters. The van der Waals surface area contributed by atoms with Gasteiger partial charge in [-0.05, 0) is 34.9 Å². The molecule has 182 valence electrons. The molecule has 2 aromatic heterocycles. The van der Waals surface area contributed by atoms with Gasteiger partial charge in [-0.1, -0.05) is 30.8 Å². The molecular weight excluding hydrogens is 465 g/mol. The van der Waals surface area contributed by atoms with Crippen molar-refractivity contribution in [1.82, 2.24) is 25.1 Å². The number of nitrogens with zero attached hydrogens (tertiary/aromatic N) is 4. The van der Waals surface area contributed by atoms with Crippen LogP contribution >= 0.6 is 0 Å². The summed E-state index contributed by atoms with van der Waals surface area (Å²) in [6.45, 7) is 5.32. The second kappa shape index (κ2) is 8.51. The summed E-state index contributed by atoms with van der Waals surface area (Å²) in [5, 5.41) is 9.76. The average Bonchev–Trinajstić information content (AvgIpc) is 3.54. The van der Waals surface area contributed by atoms with Crippen molar-refractivity contribution in [1.29, 1.82) is 0 Å². The minimum Gasteiger partial charge on any atom is -0.366 e. The zero-order valence-electron chi connectivity index (χ0n) is 19.3. The van der Waals surface area contributed by atoms with Crippen LogP contribution in [0, 0.1) is 11.7 Å². The third-order valence-corrected chi connectivity index (χ3v) is 6.88. The number of nitrogens with one attached hydrogen (secondary N) is 2. The van der Waals surface area contributed by atoms with Gasteiger partial charge >= 0.3 is 0 Å². The van der Waals surface area contributed by atoms with Crippen LogP contribution in [0.25, 0.3) is 22.5 Å². The van der Waals surface area contributed by atoms with Gasteiger partial charge in [0.2, 0.25) is 5.92 Å². The van der Waals surface area contributed by atoms with Crippen molar-refractivity contribution in [3.05, 3.63) is 90.3 Å². The van der Waals surface area contributed by atoms with E-state index in [0.29, 0.717) is 24.6 Å². The zero-order valence-corrected chi connectivity index (χ0v) is 19.3. The summed E-state index contributed by atoms with van der Waals surface area (Å²) in [6, 6.07) is 13.4. The minimum atomic E-state index is -2.57. The molecule has 0 amide bonds. The number of alkyl halides is 2. The van der Waals surface area contributed by atoms with Crippen LogP contribution in [0.15, 0.2) is 73.3 Å². The van der Waals surface area contributed by atoms with Gasteiger partial charge in [0.1, 0.15) is 0 Å². The van der Waals surface area contributed by atoms with E-state index in [2.05, 4.69) is 37.0 Å². The van der Waals surface area contributed by atoms with Crippen LogP contribution in [0.5, 0.6) is 0 Å². The summed E-state index contributed by atoms with van der Waals surface area (Å²) < 4.78 is 41.1. The molecule has 0 saturated heterocycles. The Balaban J connectivity index is 1.18. The molecular formula is C27H23F3N6. The number of halogens is 3. The van der Waals surface area contributed by atoms with Crippen molar-refractivity contribution in [2.24, 2.45) is 5.92 Å². The second-order valence-corrected chi connectivity index (χ2v) is 9.37. The van der Waals surface area contributed by atoms with E-state index in [-0.39, 0.29) is 24.6 Å². The molecule has 2 aromatic carbocycles. The van der Waals surface area contributed by atoms with Gasteiger partial charge in [0.05, 0.1) is 12.4 Å². The molecule has 6 rings (SSSR count). The van der Waals surface area contributed by atoms with Crippen molar-refractivity contribution < 1.29 is 13.2 Å². The Labute approximate surface area is 205 Å². The van der Waals surface area contributed by atoms with E-state index in [1.54, 1.807) is 12.4 Å². The number of anilines is 2. The first-order valence-electron chi connectivity index (χ1n) is 11.7. The molecule has 0 bridgehead atoms. The Morgan fingerprint density at radius 1 is 1.00 bits per heavy atom. The predicted molar refractivity (Wildman–Crippen MR) is 131 cm³/mol. The second-order valence-electron chi connectivity index (χ2n) is 9.37. The molecule has 6 nitrogen and oxygen atoms in total. The molecule has 0 spiro atoms. The molecule has 2 N–H and O–H groups in total. The van der Waals surface area contributed by atoms with Crippen LogP contribution in [0.4, 0.5) is 24.7 Å². The van der Waals surface area contributed by atoms with Gasteiger partial charge in [-0.2, -0.15) is 5.10 Å². The monoisotopic (exact) mass is 488 g/mol. The maximum atomic E-state index is 14.5. The Morgan fingerprint density at radius 2 is 1.75 bits per heavy atom. The van der Waals surface area contributed by atoms with Crippen LogP contribution in [-0.4, -0.2) is 31.0 Å². The first-order valence-corrected chi connectivity index (χ1v) is 11.7. The van der Waals surface area contributed by atoms with E-state index in [1.807, 2.05) is 42.5 Å². The number of aromatic amines is 1. The summed E-state index contributed by atoms with van der Waals surface area (Å²) in [7, 11) is 0. The molecule has 9 heteroatoms. The molecule has 1 saturated carbocycles. The lowest BCUT2D eigenvalue weighted by Crippen LogP contribution is -2.39. The van der Waals surface area contributed by atoms with E-state index >= 15 is 0 Å². The number of allylic oxidation sites excluding steroid dienone is 1. The van der Waals surface area contributed by atoms with Crippen LogP contribution in [0.3, 0.4) is 0 Å². The highest BCUT2D eigenvalue weighted by atomic mass is 19.3. The number of rotatable bonds is 6. The molecule has 0 unspecified atom stereocenters. The maximum absolute atomic E-state index is 14.5. The molecule has 2 aliphatic rings. The molecule has 1 fully saturated rings. The zero-order chi connectivity index (χ0) is 24.9. The van der Waals surface area contributed by atoms with E-state index in [0.717, 1.165) is 39.7 Å². The van der Waals surface area contributed by atoms with Crippen molar-refractivity contribution in [3.8, 4) is 22.5 Å². The molecule has 4 aromatic rings. The largest absolute Gasteiger partial charge is 0.366 e. The topological polar surface area (TPSA) is 69.7 Å². The Morgan fingerprint density at radius 3 is 2.47 bits per heavy atom. The number of H-pyrrole nitrogens is 1. The van der Waals surface area contributed by atoms with Crippen LogP contribution in [0.1, 0.15) is 24.0 Å². The summed E-state index contributed by atoms with van der Waals surface area (Å²) in [5.41, 5.74) is 6.34. The van der Waals surface area contributed by atoms with Gasteiger partial charge in [-0.3, -0.25) is 5.10 Å². The summed E-state index contributed by atoms with van der Waals surface area (Å²) in [6.07, 6.45) is 4.43. The molecule has 1 aliphatic heterocycles. The standard InChI is InChI=1S/C27H23F3N6/c1-16(21-9-27(29,30)10-21)36-14-19-3-2-18(8-20(19)15-36)25-31-13-24(28)26(35-25)34-23-6-4-17(5-7-23)22-11-32-33-12-22/h2-8,11-13,21H,1,9-10,14-15H2,(H,32,33)(H,31,34,35). The lowest BCUT2D eigenvalue weighted by atomic mass is 9.79. The van der Waals surface area contributed by atoms with Crippen molar-refractivity contribution >= 4 is 11.5 Å². The van der Waals surface area contributed by atoms with Crippen molar-refractivity contribution in [2.45, 2.75) is 31.9 Å². The Kier molecular flexibility index (Phi) is 5.28. The fraction of sp³-hybridized carbons (Fsp3) is 0.222. The highest BCUT2D eigenvalue weighted by Crippen LogP contribution is 2.47. The van der Waals surface area contributed by atoms with Crippen molar-refractivity contribution in [3.63, 3.8) is 0 Å². The first-order chi connectivity index (χ1) is 17.3. The smallest absolute Gasteiger partial charge is 0.249 e. The Bertz CT molecular complexity index is 1420. The highest BCUT2D eigenvalue weighted by molar-refractivity contribution is 5.67. The first kappa shape index (κ1) is 22.3. The number of hydrogen-bond acceptors (Lipinski definition) is 5. The van der Waals surface area contributed by atoms with Gasteiger partial charge in [0, 0.05) is 60.6 Å². The molecule has 1 aliphatic carbocycles. The SMILES string of the molecule is C=C(C1CC(F)(F)C1)N1Cc2ccc(-c3ncc(F)c(Nc4ccc(-c5cn[nH]c5)cc4)n3)cc2C1. The summed E-state index contributed by atoms with van der Waals surface area (Å²) in [4.78, 5) is 10.7. The summed E-state index contributed by atoms with van der Waals surface area (Å²) in [5.74, 6) is -2.82. The van der Waals surface area contributed by atoms with E-state index in [4.69, 9.17) is 0 Å². The molecule has 3 heterocycles. The average molecular weight is 489 g/mol. The van der Waals surface area contributed by atoms with Gasteiger partial charge < -0.3 is 10.2 Å². The van der Waals surface area contributed by atoms with Gasteiger partial charge in [-0.15, -0.1) is 0 Å². The summed E-state index contributed by atoms with van der Waals surface area (Å²) >= 11 is 0. The van der Waals surface area contributed by atoms with Gasteiger partial charge in [0.15, 0.2) is 17.5 Å². The third kappa shape index (κ3) is 4.21. The highest BCUT2D eigenvalue weighted by Gasteiger charge is 2.47. The number of fused-ring (bicyclic) bond motifs is 1. The lowest BCUT2D eigenvalue weighted by Gasteiger charge is -2.39. The van der Waals surface area contributed by atoms with Crippen LogP contribution in [-0.2, 0) is 13.1 Å². The van der Waals surface area contributed by atoms with Crippen LogP contribution in [0.2, 0.25) is 0 Å². The predicted octanol–water partition coefficient (Wildman–Crippen LogP) is 6.29. The van der Waals surface area contributed by atoms with Gasteiger partial charge in [0.25, 0.3) is 0 Å². The van der Waals surface area contributed by atoms with Crippen LogP contribution < -0.4 is 5.32 Å². The lowest BCUT2D eigenvalue weighted by molar-refractivity contribution is -0.105. The van der Waals surface area contributed by atoms with E-state index < -0.39 is 11.7 Å². The minimum absolute atomic E-state index is 0.0810. The number of hydrogen-bond donors (Lipinski definition) is 2. The van der Waals surface area contributed by atoms with Crippen molar-refractivity contribution in [2.75, 3.05) is 5.32 Å². The molecule has 0 radical (unpaired) electrons. The quantitative estimate of drug-likeness (QED) is 0.334. The number of aromatic nitrogens is 4. The fourth-order valence-corrected chi connectivity index (χ4v) is 4.78. The van der Waals surface area contributed by atoms with E-state index in [9.17, 15) is 13.2 Å². The van der Waals surface area contributed by atoms with E-state index in [1.165, 1.54) is 0 Å². The molecule has 36 heavy (non-hydrogen) atoms. The van der Waals surface area contributed by atoms with Gasteiger partial charge in [-0.25, -0.2) is 23.1 Å².